The number of carbonyl (C=O) groups is 1. The standard InChI is InChI=1S/C27H29FN2O3/c1-17-3-8-22-23(15-17)29-26(30-12-9-20(16-30)27(31)32-2)25(19-10-13-33-14-11-19)24(22)18-4-6-21(28)7-5-18/h3-8,15,19-20H,9-14,16H2,1-2H3/t20-/m1/s1. The number of benzene rings is 2. The molecule has 33 heavy (non-hydrogen) atoms. The Kier molecular flexibility index (Phi) is 6.02. The summed E-state index contributed by atoms with van der Waals surface area (Å²) in [5.41, 5.74) is 5.34. The maximum atomic E-state index is 13.8. The first-order chi connectivity index (χ1) is 16.0. The first-order valence-electron chi connectivity index (χ1n) is 11.7. The fraction of sp³-hybridized carbons (Fsp3) is 0.407. The maximum Gasteiger partial charge on any atom is 0.310 e. The van der Waals surface area contributed by atoms with Gasteiger partial charge in [0, 0.05) is 37.3 Å². The zero-order valence-electron chi connectivity index (χ0n) is 19.1. The van der Waals surface area contributed by atoms with Gasteiger partial charge in [0.1, 0.15) is 11.6 Å². The van der Waals surface area contributed by atoms with Gasteiger partial charge in [-0.25, -0.2) is 9.37 Å². The molecule has 1 atom stereocenters. The van der Waals surface area contributed by atoms with Crippen LogP contribution in [0.5, 0.6) is 0 Å². The number of aromatic nitrogens is 1. The zero-order valence-corrected chi connectivity index (χ0v) is 19.1. The molecular formula is C27H29FN2O3. The van der Waals surface area contributed by atoms with Gasteiger partial charge in [0.25, 0.3) is 0 Å². The van der Waals surface area contributed by atoms with Crippen LogP contribution in [-0.4, -0.2) is 44.4 Å². The van der Waals surface area contributed by atoms with Crippen LogP contribution in [0.3, 0.4) is 0 Å². The molecule has 5 nitrogen and oxygen atoms in total. The normalized spacial score (nSPS) is 19.2. The molecule has 0 N–H and O–H groups in total. The zero-order chi connectivity index (χ0) is 22.9. The molecular weight excluding hydrogens is 419 g/mol. The number of esters is 1. The molecule has 2 aliphatic heterocycles. The Morgan fingerprint density at radius 3 is 2.61 bits per heavy atom. The van der Waals surface area contributed by atoms with Crippen molar-refractivity contribution in [3.05, 3.63) is 59.4 Å². The Bertz CT molecular complexity index is 1170. The topological polar surface area (TPSA) is 51.7 Å². The lowest BCUT2D eigenvalue weighted by atomic mass is 9.84. The number of hydrogen-bond donors (Lipinski definition) is 0. The third-order valence-electron chi connectivity index (χ3n) is 6.94. The second kappa shape index (κ2) is 9.10. The highest BCUT2D eigenvalue weighted by molar-refractivity contribution is 5.99. The van der Waals surface area contributed by atoms with Crippen LogP contribution in [0, 0.1) is 18.7 Å². The predicted molar refractivity (Wildman–Crippen MR) is 127 cm³/mol. The number of halogens is 1. The van der Waals surface area contributed by atoms with Crippen LogP contribution < -0.4 is 4.90 Å². The van der Waals surface area contributed by atoms with Crippen molar-refractivity contribution in [1.82, 2.24) is 4.98 Å². The second-order valence-corrected chi connectivity index (χ2v) is 9.09. The van der Waals surface area contributed by atoms with Gasteiger partial charge >= 0.3 is 5.97 Å². The summed E-state index contributed by atoms with van der Waals surface area (Å²) in [7, 11) is 1.45. The highest BCUT2D eigenvalue weighted by Crippen LogP contribution is 2.45. The molecule has 0 radical (unpaired) electrons. The fourth-order valence-corrected chi connectivity index (χ4v) is 5.23. The Morgan fingerprint density at radius 2 is 1.88 bits per heavy atom. The Balaban J connectivity index is 1.74. The quantitative estimate of drug-likeness (QED) is 0.511. The first-order valence-corrected chi connectivity index (χ1v) is 11.7. The van der Waals surface area contributed by atoms with E-state index in [0.29, 0.717) is 19.8 Å². The van der Waals surface area contributed by atoms with Crippen LogP contribution in [0.25, 0.3) is 22.0 Å². The molecule has 0 bridgehead atoms. The number of fused-ring (bicyclic) bond motifs is 1. The highest BCUT2D eigenvalue weighted by atomic mass is 19.1. The van der Waals surface area contributed by atoms with Crippen LogP contribution >= 0.6 is 0 Å². The summed E-state index contributed by atoms with van der Waals surface area (Å²) in [6, 6.07) is 13.1. The number of methoxy groups -OCH3 is 1. The molecule has 0 unspecified atom stereocenters. The molecule has 2 saturated heterocycles. The monoisotopic (exact) mass is 448 g/mol. The number of ether oxygens (including phenoxy) is 2. The van der Waals surface area contributed by atoms with Gasteiger partial charge in [-0.1, -0.05) is 24.3 Å². The molecule has 3 aromatic rings. The van der Waals surface area contributed by atoms with Gasteiger partial charge in [0.15, 0.2) is 0 Å². The van der Waals surface area contributed by atoms with E-state index in [1.54, 1.807) is 0 Å². The number of carbonyl (C=O) groups excluding carboxylic acids is 1. The van der Waals surface area contributed by atoms with E-state index in [0.717, 1.165) is 59.2 Å². The molecule has 2 aromatic carbocycles. The third kappa shape index (κ3) is 4.20. The van der Waals surface area contributed by atoms with Gasteiger partial charge in [-0.2, -0.15) is 0 Å². The van der Waals surface area contributed by atoms with Crippen molar-refractivity contribution in [2.75, 3.05) is 38.3 Å². The largest absolute Gasteiger partial charge is 0.469 e. The van der Waals surface area contributed by atoms with Crippen LogP contribution in [0.1, 0.15) is 36.3 Å². The van der Waals surface area contributed by atoms with Gasteiger partial charge in [-0.05, 0) is 67.0 Å². The van der Waals surface area contributed by atoms with Gasteiger partial charge in [0.2, 0.25) is 0 Å². The summed E-state index contributed by atoms with van der Waals surface area (Å²) in [6.45, 7) is 4.83. The summed E-state index contributed by atoms with van der Waals surface area (Å²) >= 11 is 0. The minimum atomic E-state index is -0.249. The molecule has 6 heteroatoms. The van der Waals surface area contributed by atoms with Crippen LogP contribution in [0.2, 0.25) is 0 Å². The van der Waals surface area contributed by atoms with Crippen molar-refractivity contribution in [1.29, 1.82) is 0 Å². The molecule has 2 fully saturated rings. The summed E-state index contributed by atoms with van der Waals surface area (Å²) in [5.74, 6) is 0.651. The van der Waals surface area contributed by atoms with E-state index < -0.39 is 0 Å². The van der Waals surface area contributed by atoms with Gasteiger partial charge in [-0.3, -0.25) is 4.79 Å². The molecule has 2 aliphatic rings. The van der Waals surface area contributed by atoms with Crippen molar-refractivity contribution in [2.24, 2.45) is 5.92 Å². The van der Waals surface area contributed by atoms with Gasteiger partial charge < -0.3 is 14.4 Å². The average molecular weight is 449 g/mol. The number of aryl methyl sites for hydroxylation is 1. The van der Waals surface area contributed by atoms with E-state index in [1.807, 2.05) is 12.1 Å². The van der Waals surface area contributed by atoms with Crippen molar-refractivity contribution >= 4 is 22.7 Å². The maximum absolute atomic E-state index is 13.8. The third-order valence-corrected chi connectivity index (χ3v) is 6.94. The molecule has 5 rings (SSSR count). The second-order valence-electron chi connectivity index (χ2n) is 9.09. The molecule has 0 saturated carbocycles. The van der Waals surface area contributed by atoms with E-state index in [-0.39, 0.29) is 23.6 Å². The van der Waals surface area contributed by atoms with Crippen molar-refractivity contribution in [3.8, 4) is 11.1 Å². The van der Waals surface area contributed by atoms with Crippen molar-refractivity contribution < 1.29 is 18.7 Å². The summed E-state index contributed by atoms with van der Waals surface area (Å²) in [4.78, 5) is 19.6. The van der Waals surface area contributed by atoms with E-state index in [1.165, 1.54) is 24.8 Å². The summed E-state index contributed by atoms with van der Waals surface area (Å²) in [6.07, 6.45) is 2.57. The molecule has 3 heterocycles. The smallest absolute Gasteiger partial charge is 0.310 e. The van der Waals surface area contributed by atoms with E-state index >= 15 is 0 Å². The lowest BCUT2D eigenvalue weighted by molar-refractivity contribution is -0.144. The lowest BCUT2D eigenvalue weighted by Gasteiger charge is -2.31. The summed E-state index contributed by atoms with van der Waals surface area (Å²) < 4.78 is 24.5. The number of anilines is 1. The number of hydrogen-bond acceptors (Lipinski definition) is 5. The van der Waals surface area contributed by atoms with Crippen LogP contribution in [0.15, 0.2) is 42.5 Å². The van der Waals surface area contributed by atoms with Crippen molar-refractivity contribution in [2.45, 2.75) is 32.1 Å². The van der Waals surface area contributed by atoms with E-state index in [9.17, 15) is 9.18 Å². The minimum Gasteiger partial charge on any atom is -0.469 e. The fourth-order valence-electron chi connectivity index (χ4n) is 5.23. The van der Waals surface area contributed by atoms with Gasteiger partial charge in [-0.15, -0.1) is 0 Å². The number of rotatable bonds is 4. The summed E-state index contributed by atoms with van der Waals surface area (Å²) in [5, 5.41) is 1.07. The molecule has 1 aromatic heterocycles. The predicted octanol–water partition coefficient (Wildman–Crippen LogP) is 5.24. The van der Waals surface area contributed by atoms with E-state index in [4.69, 9.17) is 14.5 Å². The Hall–Kier alpha value is -2.99. The van der Waals surface area contributed by atoms with Gasteiger partial charge in [0.05, 0.1) is 18.5 Å². The molecule has 0 spiro atoms. The van der Waals surface area contributed by atoms with Crippen LogP contribution in [0.4, 0.5) is 10.2 Å². The molecule has 0 amide bonds. The Morgan fingerprint density at radius 1 is 1.12 bits per heavy atom. The number of pyridine rings is 1. The molecule has 172 valence electrons. The van der Waals surface area contributed by atoms with E-state index in [2.05, 4.69) is 30.0 Å². The van der Waals surface area contributed by atoms with Crippen molar-refractivity contribution in [3.63, 3.8) is 0 Å². The first kappa shape index (κ1) is 21.8. The van der Waals surface area contributed by atoms with Crippen LogP contribution in [-0.2, 0) is 14.3 Å². The highest BCUT2D eigenvalue weighted by Gasteiger charge is 2.34. The number of nitrogens with zero attached hydrogens (tertiary/aromatic N) is 2. The molecule has 0 aliphatic carbocycles. The Labute approximate surface area is 193 Å². The lowest BCUT2D eigenvalue weighted by Crippen LogP contribution is -2.27. The average Bonchev–Trinajstić information content (AvgIpc) is 3.33. The SMILES string of the molecule is COC(=O)[C@@H]1CCN(c2nc3cc(C)ccc3c(-c3ccc(F)cc3)c2C2CCOCC2)C1. The minimum absolute atomic E-state index is 0.151.